The number of rotatable bonds is 8. The molecule has 20 heavy (non-hydrogen) atoms. The summed E-state index contributed by atoms with van der Waals surface area (Å²) in [6.07, 6.45) is 1.78. The molecule has 3 N–H and O–H groups in total. The van der Waals surface area contributed by atoms with Gasteiger partial charge in [-0.05, 0) is 31.9 Å². The van der Waals surface area contributed by atoms with Crippen LogP contribution in [0.25, 0.3) is 0 Å². The van der Waals surface area contributed by atoms with Gasteiger partial charge in [-0.3, -0.25) is 4.79 Å². The number of benzene rings is 1. The van der Waals surface area contributed by atoms with Gasteiger partial charge in [-0.1, -0.05) is 32.0 Å². The Labute approximate surface area is 121 Å². The number of hydrogen-bond donors (Lipinski definition) is 3. The van der Waals surface area contributed by atoms with Gasteiger partial charge >= 0.3 is 0 Å². The van der Waals surface area contributed by atoms with Crippen molar-refractivity contribution in [2.24, 2.45) is 5.41 Å². The lowest BCUT2D eigenvalue weighted by Gasteiger charge is -2.31. The lowest BCUT2D eigenvalue weighted by molar-refractivity contribution is -0.118. The third-order valence-electron chi connectivity index (χ3n) is 4.05. The average molecular weight is 278 g/mol. The van der Waals surface area contributed by atoms with Gasteiger partial charge in [0.15, 0.2) is 0 Å². The summed E-state index contributed by atoms with van der Waals surface area (Å²) in [4.78, 5) is 12.1. The van der Waals surface area contributed by atoms with Crippen molar-refractivity contribution < 1.29 is 9.90 Å². The molecule has 0 saturated heterocycles. The molecule has 0 heterocycles. The number of para-hydroxylation sites is 1. The summed E-state index contributed by atoms with van der Waals surface area (Å²) < 4.78 is 0. The lowest BCUT2D eigenvalue weighted by atomic mass is 9.83. The van der Waals surface area contributed by atoms with Crippen LogP contribution >= 0.6 is 0 Å². The minimum absolute atomic E-state index is 0.0600. The number of carbonyl (C=O) groups excluding carboxylic acids is 1. The van der Waals surface area contributed by atoms with E-state index in [-0.39, 0.29) is 24.0 Å². The van der Waals surface area contributed by atoms with Gasteiger partial charge in [0.2, 0.25) is 5.91 Å². The van der Waals surface area contributed by atoms with E-state index in [4.69, 9.17) is 0 Å². The van der Waals surface area contributed by atoms with Crippen LogP contribution in [-0.4, -0.2) is 30.2 Å². The molecule has 1 amide bonds. The molecule has 0 radical (unpaired) electrons. The zero-order chi connectivity index (χ0) is 15.0. The summed E-state index contributed by atoms with van der Waals surface area (Å²) in [7, 11) is 0. The van der Waals surface area contributed by atoms with E-state index in [1.165, 1.54) is 0 Å². The molecule has 4 heteroatoms. The van der Waals surface area contributed by atoms with Crippen molar-refractivity contribution in [3.63, 3.8) is 0 Å². The first-order chi connectivity index (χ1) is 9.56. The highest BCUT2D eigenvalue weighted by molar-refractivity contribution is 5.94. The maximum Gasteiger partial charge on any atom is 0.241 e. The third-order valence-corrected chi connectivity index (χ3v) is 4.05. The molecule has 0 fully saturated rings. The topological polar surface area (TPSA) is 61.4 Å². The van der Waals surface area contributed by atoms with Crippen LogP contribution in [0.15, 0.2) is 30.3 Å². The van der Waals surface area contributed by atoms with Crippen LogP contribution < -0.4 is 10.6 Å². The van der Waals surface area contributed by atoms with Gasteiger partial charge in [-0.15, -0.1) is 0 Å². The third kappa shape index (κ3) is 4.62. The van der Waals surface area contributed by atoms with Crippen LogP contribution in [0.1, 0.15) is 33.6 Å². The number of nitrogens with one attached hydrogen (secondary N) is 2. The summed E-state index contributed by atoms with van der Waals surface area (Å²) in [6, 6.07) is 9.12. The van der Waals surface area contributed by atoms with Gasteiger partial charge in [0.25, 0.3) is 0 Å². The summed E-state index contributed by atoms with van der Waals surface area (Å²) >= 11 is 0. The first-order valence-electron chi connectivity index (χ1n) is 7.27. The largest absolute Gasteiger partial charge is 0.396 e. The van der Waals surface area contributed by atoms with Crippen molar-refractivity contribution in [2.75, 3.05) is 18.5 Å². The maximum atomic E-state index is 12.1. The average Bonchev–Trinajstić information content (AvgIpc) is 2.50. The van der Waals surface area contributed by atoms with E-state index in [0.29, 0.717) is 6.54 Å². The number of anilines is 1. The Kier molecular flexibility index (Phi) is 6.68. The van der Waals surface area contributed by atoms with Gasteiger partial charge in [-0.2, -0.15) is 0 Å². The molecule has 1 aromatic rings. The van der Waals surface area contributed by atoms with E-state index < -0.39 is 0 Å². The SMILES string of the molecule is CCC(CC)(CO)CNC(C)C(=O)Nc1ccccc1. The van der Waals surface area contributed by atoms with Gasteiger partial charge in [-0.25, -0.2) is 0 Å². The molecule has 1 unspecified atom stereocenters. The maximum absolute atomic E-state index is 12.1. The van der Waals surface area contributed by atoms with Gasteiger partial charge in [0.1, 0.15) is 0 Å². The van der Waals surface area contributed by atoms with Gasteiger partial charge < -0.3 is 15.7 Å². The second-order valence-corrected chi connectivity index (χ2v) is 5.32. The van der Waals surface area contributed by atoms with Crippen LogP contribution in [0.4, 0.5) is 5.69 Å². The number of aliphatic hydroxyl groups is 1. The molecular formula is C16H26N2O2. The Bertz CT molecular complexity index is 394. The van der Waals surface area contributed by atoms with Crippen molar-refractivity contribution in [3.05, 3.63) is 30.3 Å². The molecule has 0 aromatic heterocycles. The smallest absolute Gasteiger partial charge is 0.241 e. The molecule has 0 spiro atoms. The molecule has 0 aliphatic carbocycles. The number of carbonyl (C=O) groups is 1. The second-order valence-electron chi connectivity index (χ2n) is 5.32. The highest BCUT2D eigenvalue weighted by atomic mass is 16.3. The fraction of sp³-hybridized carbons (Fsp3) is 0.562. The molecule has 0 aliphatic rings. The zero-order valence-electron chi connectivity index (χ0n) is 12.6. The monoisotopic (exact) mass is 278 g/mol. The van der Waals surface area contributed by atoms with Crippen LogP contribution in [0.3, 0.4) is 0 Å². The summed E-state index contributed by atoms with van der Waals surface area (Å²) in [5.74, 6) is -0.0600. The molecule has 1 rings (SSSR count). The number of aliphatic hydroxyl groups excluding tert-OH is 1. The quantitative estimate of drug-likeness (QED) is 0.684. The van der Waals surface area contributed by atoms with Gasteiger partial charge in [0, 0.05) is 24.3 Å². The Balaban J connectivity index is 2.50. The minimum atomic E-state index is -0.292. The number of hydrogen-bond acceptors (Lipinski definition) is 3. The molecule has 0 saturated carbocycles. The molecule has 1 atom stereocenters. The standard InChI is InChI=1S/C16H26N2O2/c1-4-16(5-2,12-19)11-17-13(3)15(20)18-14-9-7-6-8-10-14/h6-10,13,17,19H,4-5,11-12H2,1-3H3,(H,18,20). The first kappa shape index (κ1) is 16.7. The summed E-state index contributed by atoms with van der Waals surface area (Å²) in [6.45, 7) is 6.75. The molecule has 0 aliphatic heterocycles. The van der Waals surface area contributed by atoms with Crippen molar-refractivity contribution >= 4 is 11.6 Å². The summed E-state index contributed by atoms with van der Waals surface area (Å²) in [5.41, 5.74) is 0.659. The fourth-order valence-electron chi connectivity index (χ4n) is 2.01. The summed E-state index contributed by atoms with van der Waals surface area (Å²) in [5, 5.41) is 15.6. The van der Waals surface area contributed by atoms with Crippen LogP contribution in [0, 0.1) is 5.41 Å². The van der Waals surface area contributed by atoms with Crippen LogP contribution in [-0.2, 0) is 4.79 Å². The molecule has 4 nitrogen and oxygen atoms in total. The lowest BCUT2D eigenvalue weighted by Crippen LogP contribution is -2.45. The Morgan fingerprint density at radius 2 is 1.85 bits per heavy atom. The highest BCUT2D eigenvalue weighted by Gasteiger charge is 2.26. The highest BCUT2D eigenvalue weighted by Crippen LogP contribution is 2.24. The number of amides is 1. The minimum Gasteiger partial charge on any atom is -0.396 e. The predicted molar refractivity (Wildman–Crippen MR) is 82.6 cm³/mol. The van der Waals surface area contributed by atoms with Crippen molar-refractivity contribution in [1.29, 1.82) is 0 Å². The van der Waals surface area contributed by atoms with Crippen molar-refractivity contribution in [3.8, 4) is 0 Å². The van der Waals surface area contributed by atoms with Crippen molar-refractivity contribution in [1.82, 2.24) is 5.32 Å². The Hall–Kier alpha value is -1.39. The predicted octanol–water partition coefficient (Wildman–Crippen LogP) is 2.40. The normalized spacial score (nSPS) is 13.0. The molecular weight excluding hydrogens is 252 g/mol. The molecule has 1 aromatic carbocycles. The van der Waals surface area contributed by atoms with Gasteiger partial charge in [0.05, 0.1) is 6.04 Å². The Morgan fingerprint density at radius 1 is 1.25 bits per heavy atom. The first-order valence-corrected chi connectivity index (χ1v) is 7.27. The second kappa shape index (κ2) is 8.02. The Morgan fingerprint density at radius 3 is 2.35 bits per heavy atom. The van der Waals surface area contributed by atoms with E-state index in [0.717, 1.165) is 18.5 Å². The van der Waals surface area contributed by atoms with E-state index in [1.54, 1.807) is 0 Å². The zero-order valence-corrected chi connectivity index (χ0v) is 12.6. The van der Waals surface area contributed by atoms with Crippen molar-refractivity contribution in [2.45, 2.75) is 39.7 Å². The van der Waals surface area contributed by atoms with E-state index in [1.807, 2.05) is 37.3 Å². The van der Waals surface area contributed by atoms with E-state index in [2.05, 4.69) is 24.5 Å². The van der Waals surface area contributed by atoms with Crippen LogP contribution in [0.5, 0.6) is 0 Å². The van der Waals surface area contributed by atoms with E-state index >= 15 is 0 Å². The molecule has 0 bridgehead atoms. The van der Waals surface area contributed by atoms with E-state index in [9.17, 15) is 9.90 Å². The molecule has 112 valence electrons. The fourth-order valence-corrected chi connectivity index (χ4v) is 2.01. The van der Waals surface area contributed by atoms with Crippen LogP contribution in [0.2, 0.25) is 0 Å².